The first-order valence-corrected chi connectivity index (χ1v) is 3.77. The lowest BCUT2D eigenvalue weighted by Crippen LogP contribution is -2.05. The minimum Gasteiger partial charge on any atom is -0.250 e. The summed E-state index contributed by atoms with van der Waals surface area (Å²) in [6.45, 7) is 2.74. The van der Waals surface area contributed by atoms with E-state index in [0.29, 0.717) is 0 Å². The van der Waals surface area contributed by atoms with Crippen LogP contribution < -0.4 is 0 Å². The van der Waals surface area contributed by atoms with Crippen LogP contribution in [-0.2, 0) is 0 Å². The van der Waals surface area contributed by atoms with Crippen molar-refractivity contribution in [3.63, 3.8) is 0 Å². The second-order valence-corrected chi connectivity index (χ2v) is 3.45. The van der Waals surface area contributed by atoms with E-state index >= 15 is 0 Å². The van der Waals surface area contributed by atoms with E-state index in [4.69, 9.17) is 0 Å². The molecule has 0 amide bonds. The summed E-state index contributed by atoms with van der Waals surface area (Å²) < 4.78 is 2.48. The Morgan fingerprint density at radius 3 is 2.71 bits per heavy atom. The third kappa shape index (κ3) is 0.572. The van der Waals surface area contributed by atoms with Crippen molar-refractivity contribution in [3.05, 3.63) is 0 Å². The van der Waals surface area contributed by atoms with Crippen molar-refractivity contribution in [2.24, 2.45) is 5.92 Å². The molecule has 2 saturated heterocycles. The normalized spacial score (nSPS) is 48.0. The van der Waals surface area contributed by atoms with Crippen LogP contribution >= 0.6 is 11.9 Å². The van der Waals surface area contributed by atoms with Crippen molar-refractivity contribution in [2.45, 2.75) is 6.42 Å². The molecule has 0 aromatic carbocycles. The molecule has 2 heteroatoms. The average Bonchev–Trinajstić information content (AvgIpc) is 2.22. The van der Waals surface area contributed by atoms with Gasteiger partial charge in [0.2, 0.25) is 0 Å². The molecular weight excluding hydrogens is 106 g/mol. The van der Waals surface area contributed by atoms with E-state index < -0.39 is 0 Å². The highest BCUT2D eigenvalue weighted by molar-refractivity contribution is 7.97. The summed E-state index contributed by atoms with van der Waals surface area (Å²) >= 11 is 2.03. The summed E-state index contributed by atoms with van der Waals surface area (Å²) in [5.74, 6) is 2.46. The topological polar surface area (TPSA) is 3.24 Å². The number of hydrogen-bond donors (Lipinski definition) is 0. The number of rotatable bonds is 0. The molecule has 2 heterocycles. The summed E-state index contributed by atoms with van der Waals surface area (Å²) in [7, 11) is 0. The summed E-state index contributed by atoms with van der Waals surface area (Å²) in [4.78, 5) is 0. The van der Waals surface area contributed by atoms with Crippen molar-refractivity contribution < 1.29 is 0 Å². The molecule has 2 aliphatic heterocycles. The molecule has 2 atom stereocenters. The highest BCUT2D eigenvalue weighted by Gasteiger charge is 2.29. The molecule has 40 valence electrons. The van der Waals surface area contributed by atoms with Gasteiger partial charge < -0.3 is 0 Å². The minimum atomic E-state index is 1.06. The van der Waals surface area contributed by atoms with Crippen LogP contribution in [0.1, 0.15) is 6.42 Å². The number of fused-ring (bicyclic) bond motifs is 2. The second kappa shape index (κ2) is 1.39. The molecule has 0 saturated carbocycles. The fraction of sp³-hybridized carbons (Fsp3) is 1.00. The minimum absolute atomic E-state index is 1.06. The monoisotopic (exact) mass is 115 g/mol. The van der Waals surface area contributed by atoms with E-state index in [-0.39, 0.29) is 0 Å². The maximum absolute atomic E-state index is 2.48. The van der Waals surface area contributed by atoms with Crippen LogP contribution in [0.5, 0.6) is 0 Å². The Labute approximate surface area is 48.2 Å². The van der Waals surface area contributed by atoms with Gasteiger partial charge in [-0.25, -0.2) is 0 Å². The molecule has 0 N–H and O–H groups in total. The van der Waals surface area contributed by atoms with Gasteiger partial charge in [-0.05, 0) is 12.3 Å². The molecule has 0 aromatic rings. The van der Waals surface area contributed by atoms with E-state index in [9.17, 15) is 0 Å². The maximum atomic E-state index is 2.48. The Morgan fingerprint density at radius 1 is 1.57 bits per heavy atom. The van der Waals surface area contributed by atoms with Crippen LogP contribution in [0.15, 0.2) is 0 Å². The van der Waals surface area contributed by atoms with Crippen LogP contribution in [0, 0.1) is 5.92 Å². The van der Waals surface area contributed by atoms with Gasteiger partial charge in [-0.2, -0.15) is 0 Å². The van der Waals surface area contributed by atoms with E-state index in [0.717, 1.165) is 5.92 Å². The highest BCUT2D eigenvalue weighted by atomic mass is 32.2. The fourth-order valence-corrected chi connectivity index (χ4v) is 2.51. The predicted molar refractivity (Wildman–Crippen MR) is 32.1 cm³/mol. The molecule has 7 heavy (non-hydrogen) atoms. The molecular formula is C5H9NS. The lowest BCUT2D eigenvalue weighted by Gasteiger charge is -2.08. The zero-order valence-electron chi connectivity index (χ0n) is 4.26. The third-order valence-electron chi connectivity index (χ3n) is 1.74. The molecule has 2 rings (SSSR count). The zero-order valence-corrected chi connectivity index (χ0v) is 5.08. The van der Waals surface area contributed by atoms with Gasteiger partial charge in [-0.15, -0.1) is 0 Å². The van der Waals surface area contributed by atoms with Crippen LogP contribution in [-0.4, -0.2) is 23.1 Å². The van der Waals surface area contributed by atoms with Gasteiger partial charge in [0.25, 0.3) is 0 Å². The van der Waals surface area contributed by atoms with Gasteiger partial charge in [-0.1, -0.05) is 11.9 Å². The van der Waals surface area contributed by atoms with E-state index in [1.165, 1.54) is 25.3 Å². The predicted octanol–water partition coefficient (Wildman–Crippen LogP) is 0.970. The quantitative estimate of drug-likeness (QED) is 0.433. The van der Waals surface area contributed by atoms with E-state index in [1.807, 2.05) is 11.9 Å². The smallest absolute Gasteiger partial charge is 0.0126 e. The van der Waals surface area contributed by atoms with Gasteiger partial charge in [0.05, 0.1) is 0 Å². The zero-order chi connectivity index (χ0) is 4.69. The Hall–Kier alpha value is 0.310. The summed E-state index contributed by atoms with van der Waals surface area (Å²) in [6.07, 6.45) is 1.47. The number of hydrogen-bond acceptors (Lipinski definition) is 2. The van der Waals surface area contributed by atoms with Crippen molar-refractivity contribution in [1.82, 2.24) is 4.31 Å². The summed E-state index contributed by atoms with van der Waals surface area (Å²) in [5, 5.41) is 0. The molecule has 2 unspecified atom stereocenters. The SMILES string of the molecule is C1CN2CC1CS2. The van der Waals surface area contributed by atoms with Crippen LogP contribution in [0.3, 0.4) is 0 Å². The van der Waals surface area contributed by atoms with Crippen molar-refractivity contribution in [3.8, 4) is 0 Å². The molecule has 2 aliphatic rings. The second-order valence-electron chi connectivity index (χ2n) is 2.34. The average molecular weight is 115 g/mol. The molecule has 2 fully saturated rings. The molecule has 0 aliphatic carbocycles. The first-order chi connectivity index (χ1) is 3.45. The molecule has 2 bridgehead atoms. The Bertz CT molecular complexity index is 66.1. The molecule has 1 nitrogen and oxygen atoms in total. The molecule has 0 aromatic heterocycles. The first kappa shape index (κ1) is 4.21. The lowest BCUT2D eigenvalue weighted by molar-refractivity contribution is 0.589. The maximum Gasteiger partial charge on any atom is 0.0126 e. The highest BCUT2D eigenvalue weighted by Crippen LogP contribution is 2.33. The van der Waals surface area contributed by atoms with Crippen molar-refractivity contribution in [2.75, 3.05) is 18.8 Å². The van der Waals surface area contributed by atoms with Crippen LogP contribution in [0.25, 0.3) is 0 Å². The summed E-state index contributed by atoms with van der Waals surface area (Å²) in [5.41, 5.74) is 0. The van der Waals surface area contributed by atoms with Gasteiger partial charge in [-0.3, -0.25) is 4.31 Å². The van der Waals surface area contributed by atoms with E-state index in [1.54, 1.807) is 0 Å². The van der Waals surface area contributed by atoms with Crippen LogP contribution in [0.4, 0.5) is 0 Å². The standard InChI is InChI=1S/C5H9NS/c1-2-6-3-5(1)4-7-6/h5H,1-4H2. The fourth-order valence-electron chi connectivity index (χ4n) is 1.26. The lowest BCUT2D eigenvalue weighted by atomic mass is 10.2. The number of nitrogens with zero attached hydrogens (tertiary/aromatic N) is 1. The van der Waals surface area contributed by atoms with Gasteiger partial charge in [0.1, 0.15) is 0 Å². The van der Waals surface area contributed by atoms with Gasteiger partial charge in [0, 0.05) is 18.8 Å². The van der Waals surface area contributed by atoms with Crippen LogP contribution in [0.2, 0.25) is 0 Å². The van der Waals surface area contributed by atoms with E-state index in [2.05, 4.69) is 4.31 Å². The first-order valence-electron chi connectivity index (χ1n) is 2.83. The Balaban J connectivity index is 2.12. The third-order valence-corrected chi connectivity index (χ3v) is 3.06. The Morgan fingerprint density at radius 2 is 2.57 bits per heavy atom. The van der Waals surface area contributed by atoms with Gasteiger partial charge in [0.15, 0.2) is 0 Å². The molecule has 0 radical (unpaired) electrons. The Kier molecular flexibility index (Phi) is 0.837. The van der Waals surface area contributed by atoms with Gasteiger partial charge >= 0.3 is 0 Å². The molecule has 0 spiro atoms. The largest absolute Gasteiger partial charge is 0.250 e. The summed E-state index contributed by atoms with van der Waals surface area (Å²) in [6, 6.07) is 0. The van der Waals surface area contributed by atoms with Crippen molar-refractivity contribution >= 4 is 11.9 Å². The van der Waals surface area contributed by atoms with Crippen molar-refractivity contribution in [1.29, 1.82) is 0 Å².